The Morgan fingerprint density at radius 3 is 2.75 bits per heavy atom. The molecule has 0 spiro atoms. The van der Waals surface area contributed by atoms with E-state index < -0.39 is 0 Å². The van der Waals surface area contributed by atoms with Crippen molar-refractivity contribution in [3.63, 3.8) is 0 Å². The minimum atomic E-state index is -0.0795. The lowest BCUT2D eigenvalue weighted by atomic mass is 9.98. The lowest BCUT2D eigenvalue weighted by Crippen LogP contribution is -2.49. The highest BCUT2D eigenvalue weighted by Gasteiger charge is 2.28. The Morgan fingerprint density at radius 2 is 2.17 bits per heavy atom. The molecule has 1 fully saturated rings. The van der Waals surface area contributed by atoms with Crippen molar-refractivity contribution in [2.45, 2.75) is 46.1 Å². The normalized spacial score (nSPS) is 19.7. The van der Waals surface area contributed by atoms with E-state index in [1.165, 1.54) is 0 Å². The smallest absolute Gasteiger partial charge is 0.310 e. The number of carbonyl (C=O) groups is 1. The Morgan fingerprint density at radius 1 is 1.46 bits per heavy atom. The third kappa shape index (κ3) is 7.55. The summed E-state index contributed by atoms with van der Waals surface area (Å²) in [4.78, 5) is 20.8. The summed E-state index contributed by atoms with van der Waals surface area (Å²) in [5.41, 5.74) is 0. The number of carbonyl (C=O) groups excluding carboxylic acids is 1. The lowest BCUT2D eigenvalue weighted by Gasteiger charge is -2.34. The van der Waals surface area contributed by atoms with Gasteiger partial charge in [-0.2, -0.15) is 0 Å². The topological polar surface area (TPSA) is 57.2 Å². The second-order valence-electron chi connectivity index (χ2n) is 6.25. The zero-order chi connectivity index (χ0) is 17.2. The fourth-order valence-corrected chi connectivity index (χ4v) is 2.83. The molecule has 1 heterocycles. The van der Waals surface area contributed by atoms with Crippen molar-refractivity contribution < 1.29 is 9.53 Å². The van der Waals surface area contributed by atoms with Crippen LogP contribution >= 0.6 is 24.0 Å². The number of aliphatic imine (C=N–C) groups is 1. The molecular weight excluding hydrogens is 419 g/mol. The summed E-state index contributed by atoms with van der Waals surface area (Å²) in [5, 5.41) is 3.42. The summed E-state index contributed by atoms with van der Waals surface area (Å²) < 4.78 is 5.16. The fourth-order valence-electron chi connectivity index (χ4n) is 2.83. The molecule has 6 nitrogen and oxygen atoms in total. The van der Waals surface area contributed by atoms with Gasteiger partial charge in [-0.25, -0.2) is 0 Å². The Labute approximate surface area is 164 Å². The molecule has 0 amide bonds. The van der Waals surface area contributed by atoms with Crippen molar-refractivity contribution in [2.75, 3.05) is 46.9 Å². The predicted molar refractivity (Wildman–Crippen MR) is 110 cm³/mol. The van der Waals surface area contributed by atoms with Gasteiger partial charge in [0.1, 0.15) is 0 Å². The molecule has 142 valence electrons. The van der Waals surface area contributed by atoms with Gasteiger partial charge in [0.2, 0.25) is 0 Å². The van der Waals surface area contributed by atoms with Crippen LogP contribution in [0.25, 0.3) is 0 Å². The van der Waals surface area contributed by atoms with Gasteiger partial charge < -0.3 is 19.9 Å². The molecule has 0 aliphatic carbocycles. The van der Waals surface area contributed by atoms with Gasteiger partial charge in [-0.3, -0.25) is 9.79 Å². The Kier molecular flexibility index (Phi) is 12.4. The summed E-state index contributed by atoms with van der Waals surface area (Å²) in [6, 6.07) is 0.585. The number of hydrogen-bond donors (Lipinski definition) is 1. The van der Waals surface area contributed by atoms with Crippen LogP contribution in [0.4, 0.5) is 0 Å². The number of guanidine groups is 1. The molecule has 0 aromatic carbocycles. The largest absolute Gasteiger partial charge is 0.466 e. The summed E-state index contributed by atoms with van der Waals surface area (Å²) >= 11 is 0. The van der Waals surface area contributed by atoms with Gasteiger partial charge in [0, 0.05) is 39.3 Å². The molecule has 0 aromatic heterocycles. The number of esters is 1. The minimum Gasteiger partial charge on any atom is -0.466 e. The monoisotopic (exact) mass is 454 g/mol. The van der Waals surface area contributed by atoms with E-state index in [2.05, 4.69) is 41.0 Å². The van der Waals surface area contributed by atoms with E-state index in [4.69, 9.17) is 4.74 Å². The van der Waals surface area contributed by atoms with Crippen LogP contribution in [0, 0.1) is 5.92 Å². The second kappa shape index (κ2) is 12.7. The molecule has 1 N–H and O–H groups in total. The van der Waals surface area contributed by atoms with Crippen LogP contribution in [0.3, 0.4) is 0 Å². The van der Waals surface area contributed by atoms with Crippen LogP contribution in [0.5, 0.6) is 0 Å². The van der Waals surface area contributed by atoms with E-state index >= 15 is 0 Å². The highest BCUT2D eigenvalue weighted by atomic mass is 127. The lowest BCUT2D eigenvalue weighted by molar-refractivity contribution is -0.149. The second-order valence-corrected chi connectivity index (χ2v) is 6.25. The molecule has 0 radical (unpaired) electrons. The number of rotatable bonds is 7. The predicted octanol–water partition coefficient (Wildman–Crippen LogP) is 2.19. The first-order valence-corrected chi connectivity index (χ1v) is 8.85. The van der Waals surface area contributed by atoms with E-state index in [-0.39, 0.29) is 35.9 Å². The number of nitrogens with zero attached hydrogens (tertiary/aromatic N) is 3. The molecule has 1 aliphatic rings. The maximum Gasteiger partial charge on any atom is 0.310 e. The number of nitrogens with one attached hydrogen (secondary N) is 1. The maximum atomic E-state index is 12.0. The van der Waals surface area contributed by atoms with Crippen molar-refractivity contribution in [1.29, 1.82) is 0 Å². The van der Waals surface area contributed by atoms with Crippen LogP contribution in [-0.2, 0) is 9.53 Å². The molecule has 1 saturated heterocycles. The molecule has 0 saturated carbocycles. The first-order chi connectivity index (χ1) is 11.0. The first kappa shape index (κ1) is 23.4. The number of hydrogen-bond acceptors (Lipinski definition) is 4. The standard InChI is InChI=1S/C17H34N4O2.HI/c1-6-14(3)20(5)12-10-19-17(18-4)21-11-8-9-15(13-21)16(22)23-7-2;/h14-15H,6-13H2,1-5H3,(H,18,19);1H. The molecule has 2 unspecified atom stereocenters. The van der Waals surface area contributed by atoms with Gasteiger partial charge in [0.25, 0.3) is 0 Å². The summed E-state index contributed by atoms with van der Waals surface area (Å²) in [5.74, 6) is 0.769. The summed E-state index contributed by atoms with van der Waals surface area (Å²) in [6.07, 6.45) is 3.05. The molecule has 24 heavy (non-hydrogen) atoms. The van der Waals surface area contributed by atoms with Gasteiger partial charge >= 0.3 is 5.97 Å². The molecule has 0 bridgehead atoms. The van der Waals surface area contributed by atoms with E-state index in [9.17, 15) is 4.79 Å². The fraction of sp³-hybridized carbons (Fsp3) is 0.882. The molecule has 0 aromatic rings. The van der Waals surface area contributed by atoms with Crippen molar-refractivity contribution in [1.82, 2.24) is 15.1 Å². The number of ether oxygens (including phenoxy) is 1. The van der Waals surface area contributed by atoms with Gasteiger partial charge in [-0.15, -0.1) is 24.0 Å². The van der Waals surface area contributed by atoms with Crippen molar-refractivity contribution in [3.05, 3.63) is 0 Å². The zero-order valence-electron chi connectivity index (χ0n) is 15.9. The average Bonchev–Trinajstić information content (AvgIpc) is 2.58. The Balaban J connectivity index is 0.00000529. The Hall–Kier alpha value is -0.570. The van der Waals surface area contributed by atoms with Gasteiger partial charge in [-0.1, -0.05) is 6.92 Å². The van der Waals surface area contributed by atoms with Crippen LogP contribution in [0.15, 0.2) is 4.99 Å². The number of likely N-dealkylation sites (tertiary alicyclic amines) is 1. The highest BCUT2D eigenvalue weighted by molar-refractivity contribution is 14.0. The molecular formula is C17H35IN4O2. The maximum absolute atomic E-state index is 12.0. The molecule has 1 aliphatic heterocycles. The van der Waals surface area contributed by atoms with Gasteiger partial charge in [0.05, 0.1) is 12.5 Å². The summed E-state index contributed by atoms with van der Waals surface area (Å²) in [6.45, 7) is 10.2. The Bertz CT molecular complexity index is 393. The number of halogens is 1. The van der Waals surface area contributed by atoms with Crippen LogP contribution in [-0.4, -0.2) is 74.7 Å². The van der Waals surface area contributed by atoms with Gasteiger partial charge in [-0.05, 0) is 40.2 Å². The third-order valence-corrected chi connectivity index (χ3v) is 4.64. The third-order valence-electron chi connectivity index (χ3n) is 4.64. The minimum absolute atomic E-state index is 0. The zero-order valence-corrected chi connectivity index (χ0v) is 18.2. The molecule has 1 rings (SSSR count). The van der Waals surface area contributed by atoms with E-state index in [1.807, 2.05) is 6.92 Å². The quantitative estimate of drug-likeness (QED) is 0.277. The van der Waals surface area contributed by atoms with Crippen molar-refractivity contribution in [3.8, 4) is 0 Å². The summed E-state index contributed by atoms with van der Waals surface area (Å²) in [7, 11) is 3.95. The van der Waals surface area contributed by atoms with E-state index in [1.54, 1.807) is 7.05 Å². The van der Waals surface area contributed by atoms with Crippen LogP contribution in [0.2, 0.25) is 0 Å². The van der Waals surface area contributed by atoms with E-state index in [0.717, 1.165) is 44.9 Å². The first-order valence-electron chi connectivity index (χ1n) is 8.85. The van der Waals surface area contributed by atoms with Crippen molar-refractivity contribution >= 4 is 35.9 Å². The highest BCUT2D eigenvalue weighted by Crippen LogP contribution is 2.18. The number of piperidine rings is 1. The molecule has 2 atom stereocenters. The molecule has 7 heteroatoms. The number of likely N-dealkylation sites (N-methyl/N-ethyl adjacent to an activating group) is 1. The average molecular weight is 454 g/mol. The van der Waals surface area contributed by atoms with Crippen molar-refractivity contribution in [2.24, 2.45) is 10.9 Å². The SMILES string of the molecule is CCOC(=O)C1CCCN(C(=NC)NCCN(C)C(C)CC)C1.I. The van der Waals surface area contributed by atoms with Crippen LogP contribution < -0.4 is 5.32 Å². The van der Waals surface area contributed by atoms with E-state index in [0.29, 0.717) is 19.2 Å². The van der Waals surface area contributed by atoms with Gasteiger partial charge in [0.15, 0.2) is 5.96 Å². The van der Waals surface area contributed by atoms with Crippen LogP contribution in [0.1, 0.15) is 40.0 Å².